The fourth-order valence-corrected chi connectivity index (χ4v) is 6.39. The first-order chi connectivity index (χ1) is 18.7. The van der Waals surface area contributed by atoms with E-state index >= 15 is 0 Å². The molecule has 0 atom stereocenters. The summed E-state index contributed by atoms with van der Waals surface area (Å²) < 4.78 is 7.87. The molecule has 0 spiro atoms. The van der Waals surface area contributed by atoms with Crippen LogP contribution in [0.2, 0.25) is 0 Å². The Morgan fingerprint density at radius 3 is 2.63 bits per heavy atom. The van der Waals surface area contributed by atoms with Crippen LogP contribution in [0.25, 0.3) is 22.3 Å². The maximum Gasteiger partial charge on any atom is 0.242 e. The minimum atomic E-state index is 0.167. The predicted molar refractivity (Wildman–Crippen MR) is 147 cm³/mol. The van der Waals surface area contributed by atoms with Crippen LogP contribution in [-0.2, 0) is 32.5 Å². The summed E-state index contributed by atoms with van der Waals surface area (Å²) in [6.45, 7) is 7.19. The summed E-state index contributed by atoms with van der Waals surface area (Å²) in [5.41, 5.74) is 6.91. The molecule has 1 amide bonds. The number of benzene rings is 1. The Morgan fingerprint density at radius 1 is 1.00 bits per heavy atom. The number of amides is 1. The Bertz CT molecular complexity index is 1280. The number of hydrogen-bond acceptors (Lipinski definition) is 6. The van der Waals surface area contributed by atoms with Gasteiger partial charge in [0.1, 0.15) is 12.3 Å². The monoisotopic (exact) mass is 518 g/mol. The lowest BCUT2D eigenvalue weighted by atomic mass is 9.82. The molecule has 0 bridgehead atoms. The highest BCUT2D eigenvalue weighted by atomic mass is 17.2. The fourth-order valence-electron chi connectivity index (χ4n) is 6.39. The number of pyridine rings is 1. The number of anilines is 1. The molecule has 8 heteroatoms. The van der Waals surface area contributed by atoms with Crippen molar-refractivity contribution in [1.82, 2.24) is 14.5 Å². The maximum absolute atomic E-state index is 13.3. The van der Waals surface area contributed by atoms with Gasteiger partial charge in [-0.3, -0.25) is 4.79 Å². The molecule has 0 radical (unpaired) electrons. The van der Waals surface area contributed by atoms with E-state index in [4.69, 9.17) is 19.5 Å². The molecule has 1 saturated carbocycles. The maximum atomic E-state index is 13.3. The molecule has 0 N–H and O–H groups in total. The molecule has 2 aromatic heterocycles. The standard InChI is InChI=1S/C30H38N4O4/c1-2-37-38-21-23-12-13-25-28(22-8-4-3-5-9-22)29-24-10-6-7-11-26(24)33(14-15-34(29)30(25)31-23)20-27(35)32-16-18-36-19-17-32/h6-7,10-13,22H,2-5,8-9,14-21H2,1H3. The first-order valence-corrected chi connectivity index (χ1v) is 14.2. The van der Waals surface area contributed by atoms with Crippen molar-refractivity contribution in [2.24, 2.45) is 0 Å². The number of carbonyl (C=O) groups is 1. The third-order valence-electron chi connectivity index (χ3n) is 8.21. The van der Waals surface area contributed by atoms with Gasteiger partial charge in [-0.15, -0.1) is 0 Å². The van der Waals surface area contributed by atoms with Gasteiger partial charge in [0.15, 0.2) is 0 Å². The number of nitrogens with zero attached hydrogens (tertiary/aromatic N) is 4. The lowest BCUT2D eigenvalue weighted by molar-refractivity contribution is -0.301. The smallest absolute Gasteiger partial charge is 0.242 e. The normalized spacial score (nSPS) is 18.3. The van der Waals surface area contributed by atoms with Crippen LogP contribution in [-0.4, -0.2) is 66.4 Å². The van der Waals surface area contributed by atoms with Crippen LogP contribution in [0.5, 0.6) is 0 Å². The Labute approximate surface area is 224 Å². The number of rotatable bonds is 7. The number of aromatic nitrogens is 2. The molecule has 3 aromatic rings. The summed E-state index contributed by atoms with van der Waals surface area (Å²) in [6.07, 6.45) is 6.28. The van der Waals surface area contributed by atoms with Crippen LogP contribution in [0, 0.1) is 0 Å². The van der Waals surface area contributed by atoms with E-state index in [0.717, 1.165) is 30.1 Å². The van der Waals surface area contributed by atoms with Gasteiger partial charge in [0, 0.05) is 42.8 Å². The third kappa shape index (κ3) is 4.93. The van der Waals surface area contributed by atoms with Crippen LogP contribution in [0.1, 0.15) is 56.2 Å². The number of fused-ring (bicyclic) bond motifs is 5. The summed E-state index contributed by atoms with van der Waals surface area (Å²) in [4.78, 5) is 33.1. The summed E-state index contributed by atoms with van der Waals surface area (Å²) in [5, 5.41) is 1.25. The first kappa shape index (κ1) is 25.3. The highest BCUT2D eigenvalue weighted by Gasteiger charge is 2.32. The van der Waals surface area contributed by atoms with Crippen LogP contribution in [0.15, 0.2) is 36.4 Å². The van der Waals surface area contributed by atoms with Crippen LogP contribution in [0.3, 0.4) is 0 Å². The van der Waals surface area contributed by atoms with Gasteiger partial charge < -0.3 is 19.1 Å². The van der Waals surface area contributed by atoms with E-state index in [9.17, 15) is 4.79 Å². The van der Waals surface area contributed by atoms with Gasteiger partial charge in [-0.05, 0) is 49.4 Å². The zero-order chi connectivity index (χ0) is 25.9. The van der Waals surface area contributed by atoms with Gasteiger partial charge in [-0.25, -0.2) is 14.8 Å². The molecule has 4 heterocycles. The molecule has 6 rings (SSSR count). The molecule has 1 aromatic carbocycles. The lowest BCUT2D eigenvalue weighted by Gasteiger charge is -2.31. The number of hydrogen-bond donors (Lipinski definition) is 0. The van der Waals surface area contributed by atoms with Crippen molar-refractivity contribution in [2.45, 2.75) is 58.1 Å². The number of ether oxygens (including phenoxy) is 1. The van der Waals surface area contributed by atoms with Gasteiger partial charge >= 0.3 is 0 Å². The van der Waals surface area contributed by atoms with Gasteiger partial charge in [0.05, 0.1) is 37.8 Å². The summed E-state index contributed by atoms with van der Waals surface area (Å²) >= 11 is 0. The molecule has 2 aliphatic heterocycles. The summed E-state index contributed by atoms with van der Waals surface area (Å²) in [6, 6.07) is 12.9. The number of morpholine rings is 1. The average molecular weight is 519 g/mol. The third-order valence-corrected chi connectivity index (χ3v) is 8.21. The second-order valence-corrected chi connectivity index (χ2v) is 10.5. The fraction of sp³-hybridized carbons (Fsp3) is 0.533. The Balaban J connectivity index is 1.43. The molecule has 38 heavy (non-hydrogen) atoms. The first-order valence-electron chi connectivity index (χ1n) is 14.2. The lowest BCUT2D eigenvalue weighted by Crippen LogP contribution is -2.46. The Morgan fingerprint density at radius 2 is 1.82 bits per heavy atom. The van der Waals surface area contributed by atoms with Crippen LogP contribution < -0.4 is 4.90 Å². The Hall–Kier alpha value is -2.94. The Kier molecular flexibility index (Phi) is 7.63. The van der Waals surface area contributed by atoms with E-state index in [1.807, 2.05) is 11.8 Å². The van der Waals surface area contributed by atoms with Crippen molar-refractivity contribution in [2.75, 3.05) is 50.9 Å². The zero-order valence-corrected chi connectivity index (χ0v) is 22.4. The minimum absolute atomic E-state index is 0.167. The number of para-hydroxylation sites is 1. The summed E-state index contributed by atoms with van der Waals surface area (Å²) in [5.74, 6) is 0.685. The molecule has 3 aliphatic rings. The van der Waals surface area contributed by atoms with Crippen molar-refractivity contribution < 1.29 is 19.3 Å². The van der Waals surface area contributed by atoms with Crippen LogP contribution >= 0.6 is 0 Å². The highest BCUT2D eigenvalue weighted by Crippen LogP contribution is 2.46. The van der Waals surface area contributed by atoms with Crippen LogP contribution in [0.4, 0.5) is 5.69 Å². The van der Waals surface area contributed by atoms with E-state index in [2.05, 4.69) is 45.9 Å². The van der Waals surface area contributed by atoms with E-state index in [-0.39, 0.29) is 5.91 Å². The van der Waals surface area contributed by atoms with Gasteiger partial charge in [-0.1, -0.05) is 37.5 Å². The van der Waals surface area contributed by atoms with Gasteiger partial charge in [-0.2, -0.15) is 0 Å². The molecular formula is C30H38N4O4. The van der Waals surface area contributed by atoms with E-state index < -0.39 is 0 Å². The largest absolute Gasteiger partial charge is 0.378 e. The summed E-state index contributed by atoms with van der Waals surface area (Å²) in [7, 11) is 0. The minimum Gasteiger partial charge on any atom is -0.378 e. The number of carbonyl (C=O) groups excluding carboxylic acids is 1. The van der Waals surface area contributed by atoms with Crippen molar-refractivity contribution in [3.63, 3.8) is 0 Å². The van der Waals surface area contributed by atoms with E-state index in [0.29, 0.717) is 52.0 Å². The molecule has 8 nitrogen and oxygen atoms in total. The molecule has 202 valence electrons. The van der Waals surface area contributed by atoms with Crippen molar-refractivity contribution in [3.8, 4) is 11.3 Å². The highest BCUT2D eigenvalue weighted by molar-refractivity contribution is 5.95. The topological polar surface area (TPSA) is 69.1 Å². The zero-order valence-electron chi connectivity index (χ0n) is 22.4. The van der Waals surface area contributed by atoms with Gasteiger partial charge in [0.25, 0.3) is 0 Å². The average Bonchev–Trinajstić information content (AvgIpc) is 3.20. The molecule has 1 aliphatic carbocycles. The van der Waals surface area contributed by atoms with E-state index in [1.165, 1.54) is 54.3 Å². The van der Waals surface area contributed by atoms with E-state index in [1.54, 1.807) is 0 Å². The van der Waals surface area contributed by atoms with Crippen molar-refractivity contribution in [3.05, 3.63) is 47.7 Å². The second kappa shape index (κ2) is 11.4. The molecule has 2 fully saturated rings. The van der Waals surface area contributed by atoms with Gasteiger partial charge in [0.2, 0.25) is 5.91 Å². The van der Waals surface area contributed by atoms with Crippen molar-refractivity contribution in [1.29, 1.82) is 0 Å². The SMILES string of the molecule is CCOOCc1ccc2c(C3CCCCC3)c3n(c2n1)CCN(CC(=O)N1CCOCC1)c1ccccc1-3. The molecule has 1 saturated heterocycles. The molecular weight excluding hydrogens is 480 g/mol. The molecule has 0 unspecified atom stereocenters. The second-order valence-electron chi connectivity index (χ2n) is 10.5. The predicted octanol–water partition coefficient (Wildman–Crippen LogP) is 4.90. The van der Waals surface area contributed by atoms with Crippen molar-refractivity contribution >= 4 is 22.6 Å². The quantitative estimate of drug-likeness (QED) is 0.252.